The van der Waals surface area contributed by atoms with Crippen molar-refractivity contribution in [2.75, 3.05) is 13.2 Å². The van der Waals surface area contributed by atoms with Crippen LogP contribution >= 0.6 is 0 Å². The molecule has 2 rings (SSSR count). The smallest absolute Gasteiger partial charge is 0.410 e. The number of nitrogens with zero attached hydrogens (tertiary/aromatic N) is 3. The Kier molecular flexibility index (Phi) is 3.31. The SMILES string of the molecule is C=CCOC(=O)N1CCn2nc(C(=O)O)cc2C1. The van der Waals surface area contributed by atoms with E-state index >= 15 is 0 Å². The number of ether oxygens (including phenoxy) is 1. The van der Waals surface area contributed by atoms with E-state index in [1.807, 2.05) is 0 Å². The zero-order chi connectivity index (χ0) is 13.1. The molecular weight excluding hydrogens is 238 g/mol. The van der Waals surface area contributed by atoms with Gasteiger partial charge in [-0.15, -0.1) is 0 Å². The molecule has 1 amide bonds. The van der Waals surface area contributed by atoms with Crippen LogP contribution in [0, 0.1) is 0 Å². The Balaban J connectivity index is 2.07. The summed E-state index contributed by atoms with van der Waals surface area (Å²) in [6.45, 7) is 4.84. The van der Waals surface area contributed by atoms with Crippen molar-refractivity contribution in [1.29, 1.82) is 0 Å². The van der Waals surface area contributed by atoms with Crippen molar-refractivity contribution in [3.05, 3.63) is 30.1 Å². The lowest BCUT2D eigenvalue weighted by Gasteiger charge is -2.26. The van der Waals surface area contributed by atoms with Gasteiger partial charge in [-0.05, 0) is 6.07 Å². The number of carbonyl (C=O) groups excluding carboxylic acids is 1. The van der Waals surface area contributed by atoms with E-state index in [9.17, 15) is 9.59 Å². The molecular formula is C11H13N3O4. The van der Waals surface area contributed by atoms with Crippen LogP contribution in [-0.2, 0) is 17.8 Å². The molecule has 1 aromatic rings. The number of rotatable bonds is 3. The van der Waals surface area contributed by atoms with Gasteiger partial charge < -0.3 is 14.7 Å². The highest BCUT2D eigenvalue weighted by atomic mass is 16.6. The Morgan fingerprint density at radius 3 is 3.00 bits per heavy atom. The highest BCUT2D eigenvalue weighted by molar-refractivity contribution is 5.85. The molecule has 1 aliphatic heterocycles. The maximum Gasteiger partial charge on any atom is 0.410 e. The minimum atomic E-state index is -1.07. The topological polar surface area (TPSA) is 84.7 Å². The predicted molar refractivity (Wildman–Crippen MR) is 61.1 cm³/mol. The van der Waals surface area contributed by atoms with Crippen molar-refractivity contribution in [2.45, 2.75) is 13.1 Å². The van der Waals surface area contributed by atoms with Crippen molar-refractivity contribution in [3.63, 3.8) is 0 Å². The van der Waals surface area contributed by atoms with Crippen molar-refractivity contribution < 1.29 is 19.4 Å². The molecule has 7 heteroatoms. The molecule has 0 saturated carbocycles. The van der Waals surface area contributed by atoms with Crippen LogP contribution in [0.2, 0.25) is 0 Å². The van der Waals surface area contributed by atoms with Crippen LogP contribution in [0.3, 0.4) is 0 Å². The summed E-state index contributed by atoms with van der Waals surface area (Å²) in [7, 11) is 0. The summed E-state index contributed by atoms with van der Waals surface area (Å²) in [4.78, 5) is 23.9. The van der Waals surface area contributed by atoms with Gasteiger partial charge in [0.25, 0.3) is 0 Å². The summed E-state index contributed by atoms with van der Waals surface area (Å²) < 4.78 is 6.52. The van der Waals surface area contributed by atoms with Crippen molar-refractivity contribution in [1.82, 2.24) is 14.7 Å². The molecule has 18 heavy (non-hydrogen) atoms. The van der Waals surface area contributed by atoms with Gasteiger partial charge in [-0.25, -0.2) is 9.59 Å². The Bertz CT molecular complexity index is 494. The second-order valence-corrected chi connectivity index (χ2v) is 3.84. The predicted octanol–water partition coefficient (Wildman–Crippen LogP) is 0.719. The van der Waals surface area contributed by atoms with E-state index in [4.69, 9.17) is 9.84 Å². The number of hydrogen-bond donors (Lipinski definition) is 1. The molecule has 1 aliphatic rings. The molecule has 2 heterocycles. The van der Waals surface area contributed by atoms with E-state index in [-0.39, 0.29) is 12.3 Å². The van der Waals surface area contributed by atoms with Gasteiger partial charge in [0.15, 0.2) is 5.69 Å². The largest absolute Gasteiger partial charge is 0.476 e. The number of hydrogen-bond acceptors (Lipinski definition) is 4. The first kappa shape index (κ1) is 12.2. The average molecular weight is 251 g/mol. The normalized spacial score (nSPS) is 13.9. The third-order valence-electron chi connectivity index (χ3n) is 2.60. The molecule has 0 aromatic carbocycles. The first-order valence-electron chi connectivity index (χ1n) is 5.44. The summed E-state index contributed by atoms with van der Waals surface area (Å²) in [6, 6.07) is 1.47. The Hall–Kier alpha value is -2.31. The van der Waals surface area contributed by atoms with Crippen molar-refractivity contribution in [2.24, 2.45) is 0 Å². The number of aromatic carboxylic acids is 1. The molecule has 1 N–H and O–H groups in total. The van der Waals surface area contributed by atoms with Crippen LogP contribution in [0.15, 0.2) is 18.7 Å². The molecule has 0 aliphatic carbocycles. The highest BCUT2D eigenvalue weighted by Crippen LogP contribution is 2.14. The van der Waals surface area contributed by atoms with Crippen molar-refractivity contribution >= 4 is 12.1 Å². The van der Waals surface area contributed by atoms with E-state index in [2.05, 4.69) is 11.7 Å². The van der Waals surface area contributed by atoms with Crippen LogP contribution in [0.4, 0.5) is 4.79 Å². The van der Waals surface area contributed by atoms with Gasteiger partial charge in [0, 0.05) is 6.54 Å². The summed E-state index contributed by atoms with van der Waals surface area (Å²) in [5, 5.41) is 12.8. The maximum absolute atomic E-state index is 11.6. The lowest BCUT2D eigenvalue weighted by Crippen LogP contribution is -2.38. The lowest BCUT2D eigenvalue weighted by atomic mass is 10.3. The van der Waals surface area contributed by atoms with Crippen LogP contribution in [-0.4, -0.2) is 45.0 Å². The Labute approximate surface area is 103 Å². The average Bonchev–Trinajstić information content (AvgIpc) is 2.78. The van der Waals surface area contributed by atoms with Crippen LogP contribution in [0.25, 0.3) is 0 Å². The summed E-state index contributed by atoms with van der Waals surface area (Å²) in [6.07, 6.45) is 1.06. The minimum Gasteiger partial charge on any atom is -0.476 e. The Morgan fingerprint density at radius 2 is 2.33 bits per heavy atom. The maximum atomic E-state index is 11.6. The fourth-order valence-corrected chi connectivity index (χ4v) is 1.75. The molecule has 0 radical (unpaired) electrons. The first-order chi connectivity index (χ1) is 8.61. The fraction of sp³-hybridized carbons (Fsp3) is 0.364. The molecule has 0 atom stereocenters. The first-order valence-corrected chi connectivity index (χ1v) is 5.44. The number of carboxylic acid groups (broad SMARTS) is 1. The van der Waals surface area contributed by atoms with E-state index in [1.54, 1.807) is 4.68 Å². The van der Waals surface area contributed by atoms with Gasteiger partial charge in [0.2, 0.25) is 0 Å². The molecule has 7 nitrogen and oxygen atoms in total. The van der Waals surface area contributed by atoms with Gasteiger partial charge in [0.1, 0.15) is 6.61 Å². The molecule has 0 fully saturated rings. The second kappa shape index (κ2) is 4.91. The summed E-state index contributed by atoms with van der Waals surface area (Å²) in [5.74, 6) is -1.07. The number of carbonyl (C=O) groups is 2. The third kappa shape index (κ3) is 2.34. The molecule has 0 unspecified atom stereocenters. The zero-order valence-corrected chi connectivity index (χ0v) is 9.70. The quantitative estimate of drug-likeness (QED) is 0.800. The fourth-order valence-electron chi connectivity index (χ4n) is 1.75. The molecule has 0 bridgehead atoms. The Morgan fingerprint density at radius 1 is 1.56 bits per heavy atom. The monoisotopic (exact) mass is 251 g/mol. The van der Waals surface area contributed by atoms with E-state index in [0.717, 1.165) is 0 Å². The molecule has 0 spiro atoms. The van der Waals surface area contributed by atoms with Gasteiger partial charge in [-0.3, -0.25) is 4.68 Å². The number of aromatic nitrogens is 2. The standard InChI is InChI=1S/C11H13N3O4/c1-2-5-18-11(17)13-3-4-14-8(7-13)6-9(12-14)10(15)16/h2,6H,1,3-5,7H2,(H,15,16). The molecule has 0 saturated heterocycles. The highest BCUT2D eigenvalue weighted by Gasteiger charge is 2.24. The van der Waals surface area contributed by atoms with Crippen molar-refractivity contribution in [3.8, 4) is 0 Å². The van der Waals surface area contributed by atoms with Crippen LogP contribution in [0.1, 0.15) is 16.2 Å². The minimum absolute atomic E-state index is 0.00805. The van der Waals surface area contributed by atoms with Gasteiger partial charge in [-0.2, -0.15) is 5.10 Å². The molecule has 96 valence electrons. The molecule has 1 aromatic heterocycles. The number of fused-ring (bicyclic) bond motifs is 1. The third-order valence-corrected chi connectivity index (χ3v) is 2.60. The number of amides is 1. The summed E-state index contributed by atoms with van der Waals surface area (Å²) in [5.41, 5.74) is 0.681. The van der Waals surface area contributed by atoms with E-state index in [1.165, 1.54) is 17.0 Å². The van der Waals surface area contributed by atoms with Gasteiger partial charge in [-0.1, -0.05) is 12.7 Å². The summed E-state index contributed by atoms with van der Waals surface area (Å²) >= 11 is 0. The van der Waals surface area contributed by atoms with Gasteiger partial charge in [0.05, 0.1) is 18.8 Å². The van der Waals surface area contributed by atoms with Gasteiger partial charge >= 0.3 is 12.1 Å². The van der Waals surface area contributed by atoms with Crippen LogP contribution < -0.4 is 0 Å². The zero-order valence-electron chi connectivity index (χ0n) is 9.70. The second-order valence-electron chi connectivity index (χ2n) is 3.84. The van der Waals surface area contributed by atoms with E-state index < -0.39 is 12.1 Å². The van der Waals surface area contributed by atoms with Crippen LogP contribution in [0.5, 0.6) is 0 Å². The van der Waals surface area contributed by atoms with E-state index in [0.29, 0.717) is 25.3 Å². The number of carboxylic acids is 1. The lowest BCUT2D eigenvalue weighted by molar-refractivity contribution is 0.0688.